The Balaban J connectivity index is 2.22. The normalized spacial score (nSPS) is 18.9. The zero-order chi connectivity index (χ0) is 14.1. The van der Waals surface area contributed by atoms with E-state index >= 15 is 0 Å². The fourth-order valence-corrected chi connectivity index (χ4v) is 2.33. The smallest absolute Gasteiger partial charge is 0.191 e. The molecule has 0 aliphatic carbocycles. The Morgan fingerprint density at radius 2 is 2.05 bits per heavy atom. The predicted octanol–water partition coefficient (Wildman–Crippen LogP) is 1.06. The maximum absolute atomic E-state index is 5.31. The lowest BCUT2D eigenvalue weighted by Crippen LogP contribution is -2.50. The SMILES string of the molecule is CCOCCNC(=NC)NC1CCN(C(C)C)CC1. The van der Waals surface area contributed by atoms with E-state index in [1.807, 2.05) is 14.0 Å². The zero-order valence-corrected chi connectivity index (χ0v) is 12.9. The third-order valence-electron chi connectivity index (χ3n) is 3.57. The van der Waals surface area contributed by atoms with E-state index in [2.05, 4.69) is 34.4 Å². The highest BCUT2D eigenvalue weighted by molar-refractivity contribution is 5.79. The van der Waals surface area contributed by atoms with Gasteiger partial charge in [0.15, 0.2) is 5.96 Å². The molecule has 19 heavy (non-hydrogen) atoms. The first kappa shape index (κ1) is 16.2. The molecule has 1 aliphatic heterocycles. The van der Waals surface area contributed by atoms with Crippen molar-refractivity contribution in [2.24, 2.45) is 4.99 Å². The summed E-state index contributed by atoms with van der Waals surface area (Å²) in [7, 11) is 1.82. The summed E-state index contributed by atoms with van der Waals surface area (Å²) in [5, 5.41) is 6.78. The number of piperidine rings is 1. The second kappa shape index (κ2) is 9.15. The van der Waals surface area contributed by atoms with E-state index in [1.54, 1.807) is 0 Å². The Bertz CT molecular complexity index is 260. The summed E-state index contributed by atoms with van der Waals surface area (Å²) < 4.78 is 5.31. The molecule has 0 saturated carbocycles. The topological polar surface area (TPSA) is 48.9 Å². The molecule has 0 bridgehead atoms. The lowest BCUT2D eigenvalue weighted by atomic mass is 10.0. The number of rotatable bonds is 6. The maximum Gasteiger partial charge on any atom is 0.191 e. The zero-order valence-electron chi connectivity index (χ0n) is 12.9. The number of hydrogen-bond acceptors (Lipinski definition) is 3. The number of likely N-dealkylation sites (tertiary alicyclic amines) is 1. The van der Waals surface area contributed by atoms with Gasteiger partial charge in [-0.1, -0.05) is 0 Å². The van der Waals surface area contributed by atoms with Crippen molar-refractivity contribution in [2.45, 2.75) is 45.7 Å². The van der Waals surface area contributed by atoms with Crippen molar-refractivity contribution in [1.29, 1.82) is 0 Å². The fourth-order valence-electron chi connectivity index (χ4n) is 2.33. The summed E-state index contributed by atoms with van der Waals surface area (Å²) in [5.74, 6) is 0.891. The fraction of sp³-hybridized carbons (Fsp3) is 0.929. The number of hydrogen-bond donors (Lipinski definition) is 2. The van der Waals surface area contributed by atoms with Crippen LogP contribution in [0.3, 0.4) is 0 Å². The average molecular weight is 270 g/mol. The third kappa shape index (κ3) is 6.25. The van der Waals surface area contributed by atoms with E-state index in [4.69, 9.17) is 4.74 Å². The molecule has 0 aromatic heterocycles. The highest BCUT2D eigenvalue weighted by Gasteiger charge is 2.21. The van der Waals surface area contributed by atoms with Crippen LogP contribution in [-0.2, 0) is 4.74 Å². The van der Waals surface area contributed by atoms with E-state index in [0.29, 0.717) is 12.1 Å². The summed E-state index contributed by atoms with van der Waals surface area (Å²) in [6.07, 6.45) is 2.37. The van der Waals surface area contributed by atoms with Crippen LogP contribution in [0.1, 0.15) is 33.6 Å². The molecule has 0 unspecified atom stereocenters. The first-order valence-corrected chi connectivity index (χ1v) is 7.46. The summed E-state index contributed by atoms with van der Waals surface area (Å²) in [6, 6.07) is 1.19. The second-order valence-electron chi connectivity index (χ2n) is 5.24. The van der Waals surface area contributed by atoms with E-state index in [9.17, 15) is 0 Å². The van der Waals surface area contributed by atoms with E-state index in [0.717, 1.165) is 25.7 Å². The van der Waals surface area contributed by atoms with Gasteiger partial charge in [-0.05, 0) is 33.6 Å². The van der Waals surface area contributed by atoms with Crippen molar-refractivity contribution < 1.29 is 4.74 Å². The lowest BCUT2D eigenvalue weighted by Gasteiger charge is -2.35. The summed E-state index contributed by atoms with van der Waals surface area (Å²) in [6.45, 7) is 11.2. The van der Waals surface area contributed by atoms with Gasteiger partial charge in [-0.3, -0.25) is 4.99 Å². The van der Waals surface area contributed by atoms with Gasteiger partial charge >= 0.3 is 0 Å². The van der Waals surface area contributed by atoms with Gasteiger partial charge in [0.05, 0.1) is 6.61 Å². The molecule has 5 heteroatoms. The van der Waals surface area contributed by atoms with E-state index in [1.165, 1.54) is 25.9 Å². The van der Waals surface area contributed by atoms with Crippen molar-refractivity contribution >= 4 is 5.96 Å². The standard InChI is InChI=1S/C14H30N4O/c1-5-19-11-8-16-14(15-4)17-13-6-9-18(10-7-13)12(2)3/h12-13H,5-11H2,1-4H3,(H2,15,16,17). The second-order valence-corrected chi connectivity index (χ2v) is 5.24. The van der Waals surface area contributed by atoms with Crippen molar-refractivity contribution in [2.75, 3.05) is 39.9 Å². The molecule has 0 aromatic rings. The average Bonchev–Trinajstić information content (AvgIpc) is 2.42. The Kier molecular flexibility index (Phi) is 7.82. The molecule has 1 aliphatic rings. The summed E-state index contributed by atoms with van der Waals surface area (Å²) in [5.41, 5.74) is 0. The van der Waals surface area contributed by atoms with Crippen LogP contribution >= 0.6 is 0 Å². The van der Waals surface area contributed by atoms with Crippen molar-refractivity contribution in [3.05, 3.63) is 0 Å². The Labute approximate surface area is 117 Å². The Morgan fingerprint density at radius 1 is 1.37 bits per heavy atom. The van der Waals surface area contributed by atoms with Crippen molar-refractivity contribution in [3.63, 3.8) is 0 Å². The number of nitrogens with zero attached hydrogens (tertiary/aromatic N) is 2. The highest BCUT2D eigenvalue weighted by atomic mass is 16.5. The maximum atomic E-state index is 5.31. The molecule has 0 radical (unpaired) electrons. The van der Waals surface area contributed by atoms with Gasteiger partial charge in [0.1, 0.15) is 0 Å². The molecule has 2 N–H and O–H groups in total. The molecule has 0 atom stereocenters. The summed E-state index contributed by atoms with van der Waals surface area (Å²) in [4.78, 5) is 6.79. The first-order valence-electron chi connectivity index (χ1n) is 7.46. The predicted molar refractivity (Wildman–Crippen MR) is 80.7 cm³/mol. The van der Waals surface area contributed by atoms with E-state index < -0.39 is 0 Å². The monoisotopic (exact) mass is 270 g/mol. The van der Waals surface area contributed by atoms with Crippen LogP contribution in [0.25, 0.3) is 0 Å². The highest BCUT2D eigenvalue weighted by Crippen LogP contribution is 2.12. The molecule has 1 fully saturated rings. The van der Waals surface area contributed by atoms with Crippen LogP contribution in [-0.4, -0.2) is 62.8 Å². The minimum absolute atomic E-state index is 0.535. The van der Waals surface area contributed by atoms with Crippen LogP contribution in [0.15, 0.2) is 4.99 Å². The minimum Gasteiger partial charge on any atom is -0.380 e. The molecule has 0 aromatic carbocycles. The quantitative estimate of drug-likeness (QED) is 0.430. The van der Waals surface area contributed by atoms with Gasteiger partial charge in [-0.2, -0.15) is 0 Å². The molecular formula is C14H30N4O. The van der Waals surface area contributed by atoms with Gasteiger partial charge in [-0.25, -0.2) is 0 Å². The summed E-state index contributed by atoms with van der Waals surface area (Å²) >= 11 is 0. The number of nitrogens with one attached hydrogen (secondary N) is 2. The molecule has 1 rings (SSSR count). The Morgan fingerprint density at radius 3 is 2.58 bits per heavy atom. The Hall–Kier alpha value is -0.810. The molecule has 1 heterocycles. The van der Waals surface area contributed by atoms with Crippen molar-refractivity contribution in [3.8, 4) is 0 Å². The van der Waals surface area contributed by atoms with Gasteiger partial charge < -0.3 is 20.3 Å². The van der Waals surface area contributed by atoms with Crippen LogP contribution in [0.4, 0.5) is 0 Å². The third-order valence-corrected chi connectivity index (χ3v) is 3.57. The van der Waals surface area contributed by atoms with Gasteiger partial charge in [0.25, 0.3) is 0 Å². The molecule has 0 spiro atoms. The molecular weight excluding hydrogens is 240 g/mol. The van der Waals surface area contributed by atoms with Gasteiger partial charge in [-0.15, -0.1) is 0 Å². The van der Waals surface area contributed by atoms with Crippen LogP contribution in [0.5, 0.6) is 0 Å². The first-order chi connectivity index (χ1) is 9.17. The largest absolute Gasteiger partial charge is 0.380 e. The van der Waals surface area contributed by atoms with Gasteiger partial charge in [0, 0.05) is 45.4 Å². The number of ether oxygens (including phenoxy) is 1. The molecule has 0 amide bonds. The molecule has 5 nitrogen and oxygen atoms in total. The van der Waals surface area contributed by atoms with Crippen LogP contribution in [0, 0.1) is 0 Å². The van der Waals surface area contributed by atoms with Gasteiger partial charge in [0.2, 0.25) is 0 Å². The van der Waals surface area contributed by atoms with Crippen LogP contribution < -0.4 is 10.6 Å². The van der Waals surface area contributed by atoms with E-state index in [-0.39, 0.29) is 0 Å². The molecule has 112 valence electrons. The number of guanidine groups is 1. The minimum atomic E-state index is 0.535. The molecule has 1 saturated heterocycles. The lowest BCUT2D eigenvalue weighted by molar-refractivity contribution is 0.151. The van der Waals surface area contributed by atoms with Crippen LogP contribution in [0.2, 0.25) is 0 Å². The number of aliphatic imine (C=N–C) groups is 1. The van der Waals surface area contributed by atoms with Crippen molar-refractivity contribution in [1.82, 2.24) is 15.5 Å².